The Morgan fingerprint density at radius 2 is 1.69 bits per heavy atom. The molecule has 0 radical (unpaired) electrons. The molecule has 0 aliphatic heterocycles. The van der Waals surface area contributed by atoms with Gasteiger partial charge in [-0.3, -0.25) is 4.98 Å². The van der Waals surface area contributed by atoms with E-state index < -0.39 is 25.1 Å². The number of pyridine rings is 1. The summed E-state index contributed by atoms with van der Waals surface area (Å²) in [6.45, 7) is 1.60. The lowest BCUT2D eigenvalue weighted by Gasteiger charge is -2.19. The van der Waals surface area contributed by atoms with Crippen LogP contribution in [0.3, 0.4) is 0 Å². The molecule has 0 aliphatic carbocycles. The van der Waals surface area contributed by atoms with Crippen molar-refractivity contribution in [3.63, 3.8) is 0 Å². The van der Waals surface area contributed by atoms with Gasteiger partial charge in [0.05, 0.1) is 10.6 Å². The van der Waals surface area contributed by atoms with Crippen molar-refractivity contribution in [1.82, 2.24) is 9.71 Å². The van der Waals surface area contributed by atoms with Crippen LogP contribution in [0.2, 0.25) is 0 Å². The molecule has 1 atom stereocenters. The van der Waals surface area contributed by atoms with Crippen molar-refractivity contribution in [2.45, 2.75) is 22.8 Å². The molecule has 2 aromatic carbocycles. The third-order valence-corrected chi connectivity index (χ3v) is 7.87. The number of nitrogens with zero attached hydrogens (tertiary/aromatic N) is 1. The largest absolute Gasteiger partial charge is 0.264 e. The van der Waals surface area contributed by atoms with Crippen molar-refractivity contribution in [1.29, 1.82) is 0 Å². The lowest BCUT2D eigenvalue weighted by atomic mass is 10.2. The summed E-state index contributed by atoms with van der Waals surface area (Å²) in [6.07, 6.45) is 2.98. The van der Waals surface area contributed by atoms with E-state index in [-0.39, 0.29) is 17.2 Å². The quantitative estimate of drug-likeness (QED) is 0.593. The first-order valence-corrected chi connectivity index (χ1v) is 12.2. The molecule has 0 bridgehead atoms. The lowest BCUT2D eigenvalue weighted by Crippen LogP contribution is -2.32. The first-order chi connectivity index (χ1) is 13.8. The molecule has 1 heterocycles. The molecule has 0 saturated heterocycles. The van der Waals surface area contributed by atoms with Crippen LogP contribution in [0, 0.1) is 6.92 Å². The molecule has 0 saturated carbocycles. The fourth-order valence-corrected chi connectivity index (χ4v) is 5.93. The normalized spacial score (nSPS) is 13.1. The fourth-order valence-electron chi connectivity index (χ4n) is 3.02. The van der Waals surface area contributed by atoms with Gasteiger partial charge in [-0.05, 0) is 36.2 Å². The molecular formula is C21H22N2O4S2. The van der Waals surface area contributed by atoms with Gasteiger partial charge in [0.1, 0.15) is 5.25 Å². The van der Waals surface area contributed by atoms with Crippen LogP contribution in [0.5, 0.6) is 0 Å². The lowest BCUT2D eigenvalue weighted by molar-refractivity contribution is 0.568. The summed E-state index contributed by atoms with van der Waals surface area (Å²) in [5, 5.41) is -1.09. The van der Waals surface area contributed by atoms with Crippen molar-refractivity contribution < 1.29 is 16.8 Å². The van der Waals surface area contributed by atoms with E-state index in [9.17, 15) is 16.8 Å². The van der Waals surface area contributed by atoms with Gasteiger partial charge in [0, 0.05) is 18.9 Å². The second kappa shape index (κ2) is 8.86. The number of sulfonamides is 1. The Morgan fingerprint density at radius 3 is 2.34 bits per heavy atom. The number of nitrogens with one attached hydrogen (secondary N) is 1. The third kappa shape index (κ3) is 5.50. The van der Waals surface area contributed by atoms with Crippen LogP contribution in [-0.2, 0) is 25.6 Å². The van der Waals surface area contributed by atoms with E-state index in [2.05, 4.69) is 9.71 Å². The molecule has 3 rings (SSSR count). The summed E-state index contributed by atoms with van der Waals surface area (Å²) in [4.78, 5) is 4.12. The van der Waals surface area contributed by atoms with Crippen LogP contribution in [0.1, 0.15) is 21.9 Å². The van der Waals surface area contributed by atoms with E-state index in [1.807, 2.05) is 13.0 Å². The van der Waals surface area contributed by atoms with Crippen molar-refractivity contribution in [2.24, 2.45) is 0 Å². The first-order valence-electron chi connectivity index (χ1n) is 9.00. The summed E-state index contributed by atoms with van der Waals surface area (Å²) < 4.78 is 54.0. The van der Waals surface area contributed by atoms with Gasteiger partial charge in [0.15, 0.2) is 9.84 Å². The molecule has 0 aliphatic rings. The Kier molecular flexibility index (Phi) is 6.46. The first kappa shape index (κ1) is 21.2. The summed E-state index contributed by atoms with van der Waals surface area (Å²) >= 11 is 0. The number of aromatic nitrogens is 1. The minimum atomic E-state index is -3.82. The molecular weight excluding hydrogens is 408 g/mol. The molecule has 1 unspecified atom stereocenters. The Balaban J connectivity index is 1.86. The van der Waals surface area contributed by atoms with E-state index in [1.165, 1.54) is 24.5 Å². The number of benzene rings is 2. The summed E-state index contributed by atoms with van der Waals surface area (Å²) in [6, 6.07) is 18.4. The maximum absolute atomic E-state index is 13.2. The number of hydrogen-bond acceptors (Lipinski definition) is 5. The molecule has 1 N–H and O–H groups in total. The van der Waals surface area contributed by atoms with E-state index in [1.54, 1.807) is 48.5 Å². The van der Waals surface area contributed by atoms with Crippen LogP contribution in [0.15, 0.2) is 84.0 Å². The van der Waals surface area contributed by atoms with Crippen molar-refractivity contribution in [2.75, 3.05) is 6.54 Å². The highest BCUT2D eigenvalue weighted by Gasteiger charge is 2.30. The minimum absolute atomic E-state index is 0.131. The Labute approximate surface area is 171 Å². The summed E-state index contributed by atoms with van der Waals surface area (Å²) in [7, 11) is -7.55. The molecule has 0 fully saturated rings. The highest BCUT2D eigenvalue weighted by Crippen LogP contribution is 2.28. The smallest absolute Gasteiger partial charge is 0.215 e. The number of sulfone groups is 1. The van der Waals surface area contributed by atoms with Gasteiger partial charge in [-0.25, -0.2) is 21.6 Å². The maximum atomic E-state index is 13.2. The Hall–Kier alpha value is -2.55. The average Bonchev–Trinajstić information content (AvgIpc) is 2.69. The molecule has 6 nitrogen and oxygen atoms in total. The van der Waals surface area contributed by atoms with Gasteiger partial charge in [-0.2, -0.15) is 0 Å². The molecule has 3 aromatic rings. The summed E-state index contributed by atoms with van der Waals surface area (Å²) in [5.41, 5.74) is 2.02. The van der Waals surface area contributed by atoms with Crippen LogP contribution in [0.4, 0.5) is 0 Å². The number of aryl methyl sites for hydroxylation is 1. The third-order valence-electron chi connectivity index (χ3n) is 4.43. The van der Waals surface area contributed by atoms with Crippen LogP contribution in [0.25, 0.3) is 0 Å². The molecule has 152 valence electrons. The predicted octanol–water partition coefficient (Wildman–Crippen LogP) is 3.02. The van der Waals surface area contributed by atoms with Gasteiger partial charge in [-0.1, -0.05) is 54.1 Å². The van der Waals surface area contributed by atoms with Crippen molar-refractivity contribution >= 4 is 19.9 Å². The zero-order valence-corrected chi connectivity index (χ0v) is 17.5. The topological polar surface area (TPSA) is 93.2 Å². The molecule has 8 heteroatoms. The Bertz CT molecular complexity index is 1160. The second-order valence-corrected chi connectivity index (χ2v) is 10.7. The SMILES string of the molecule is Cc1cccc(CS(=O)(=O)NCC(c2cccnc2)S(=O)(=O)c2ccccc2)c1. The van der Waals surface area contributed by atoms with Gasteiger partial charge >= 0.3 is 0 Å². The minimum Gasteiger partial charge on any atom is -0.264 e. The van der Waals surface area contributed by atoms with Gasteiger partial charge in [0.25, 0.3) is 0 Å². The van der Waals surface area contributed by atoms with Crippen LogP contribution in [-0.4, -0.2) is 28.4 Å². The van der Waals surface area contributed by atoms with E-state index in [0.29, 0.717) is 11.1 Å². The number of rotatable bonds is 8. The zero-order chi connectivity index (χ0) is 20.9. The fraction of sp³-hybridized carbons (Fsp3) is 0.190. The Morgan fingerprint density at radius 1 is 0.931 bits per heavy atom. The second-order valence-electron chi connectivity index (χ2n) is 6.73. The van der Waals surface area contributed by atoms with E-state index in [4.69, 9.17) is 0 Å². The van der Waals surface area contributed by atoms with Gasteiger partial charge in [0.2, 0.25) is 10.0 Å². The molecule has 0 amide bonds. The molecule has 1 aromatic heterocycles. The molecule has 0 spiro atoms. The standard InChI is InChI=1S/C21H22N2O4S2/c1-17-7-5-8-18(13-17)16-28(24,25)23-15-21(19-9-6-12-22-14-19)29(26,27)20-10-3-2-4-11-20/h2-14,21,23H,15-16H2,1H3. The molecule has 29 heavy (non-hydrogen) atoms. The van der Waals surface area contributed by atoms with Crippen molar-refractivity contribution in [3.05, 3.63) is 95.8 Å². The average molecular weight is 431 g/mol. The van der Waals surface area contributed by atoms with Crippen LogP contribution < -0.4 is 4.72 Å². The van der Waals surface area contributed by atoms with Crippen molar-refractivity contribution in [3.8, 4) is 0 Å². The van der Waals surface area contributed by atoms with Gasteiger partial charge < -0.3 is 0 Å². The van der Waals surface area contributed by atoms with Crippen LogP contribution >= 0.6 is 0 Å². The highest BCUT2D eigenvalue weighted by atomic mass is 32.2. The van der Waals surface area contributed by atoms with E-state index >= 15 is 0 Å². The monoisotopic (exact) mass is 430 g/mol. The summed E-state index contributed by atoms with van der Waals surface area (Å²) in [5.74, 6) is -0.222. The predicted molar refractivity (Wildman–Crippen MR) is 112 cm³/mol. The van der Waals surface area contributed by atoms with E-state index in [0.717, 1.165) is 5.56 Å². The number of hydrogen-bond donors (Lipinski definition) is 1. The maximum Gasteiger partial charge on any atom is 0.215 e. The highest BCUT2D eigenvalue weighted by molar-refractivity contribution is 7.92. The van der Waals surface area contributed by atoms with Gasteiger partial charge in [-0.15, -0.1) is 0 Å². The zero-order valence-electron chi connectivity index (χ0n) is 15.9.